The molecule has 11 heteroatoms. The van der Waals surface area contributed by atoms with E-state index in [1.165, 1.54) is 18.2 Å². The molecule has 0 aliphatic carbocycles. The van der Waals surface area contributed by atoms with E-state index in [4.69, 9.17) is 27.9 Å². The second-order valence-corrected chi connectivity index (χ2v) is 9.64. The minimum absolute atomic E-state index is 0. The number of fused-ring (bicyclic) bond motifs is 1. The fourth-order valence-corrected chi connectivity index (χ4v) is 4.93. The van der Waals surface area contributed by atoms with Crippen molar-refractivity contribution in [3.05, 3.63) is 88.9 Å². The number of nitrogens with zero attached hydrogens (tertiary/aromatic N) is 2. The van der Waals surface area contributed by atoms with E-state index in [-0.39, 0.29) is 32.1 Å². The first kappa shape index (κ1) is 26.2. The first-order valence-electron chi connectivity index (χ1n) is 10.2. The summed E-state index contributed by atoms with van der Waals surface area (Å²) < 4.78 is 34.2. The predicted molar refractivity (Wildman–Crippen MR) is 141 cm³/mol. The number of hydrogen-bond donors (Lipinski definition) is 2. The molecule has 0 fully saturated rings. The monoisotopic (exact) mass is 532 g/mol. The van der Waals surface area contributed by atoms with Crippen LogP contribution < -0.4 is 10.0 Å². The first-order valence-corrected chi connectivity index (χ1v) is 12.4. The molecule has 0 radical (unpaired) electrons. The van der Waals surface area contributed by atoms with Crippen LogP contribution in [0, 0.1) is 0 Å². The average molecular weight is 533 g/mol. The van der Waals surface area contributed by atoms with Crippen molar-refractivity contribution >= 4 is 67.3 Å². The SMILES string of the molecule is C=C(OCC)c1ccc(Nc2nc3ccccc3nc2NS(=O)(=O)c2cc(Cl)ccc2Cl)cc1.O. The van der Waals surface area contributed by atoms with E-state index in [0.717, 1.165) is 5.56 Å². The second kappa shape index (κ2) is 10.9. The van der Waals surface area contributed by atoms with Crippen molar-refractivity contribution in [3.8, 4) is 0 Å². The van der Waals surface area contributed by atoms with Crippen LogP contribution in [0.4, 0.5) is 17.3 Å². The van der Waals surface area contributed by atoms with Gasteiger partial charge in [-0.2, -0.15) is 0 Å². The maximum Gasteiger partial charge on any atom is 0.264 e. The van der Waals surface area contributed by atoms with Gasteiger partial charge in [0.25, 0.3) is 10.0 Å². The van der Waals surface area contributed by atoms with Crippen molar-refractivity contribution in [2.24, 2.45) is 0 Å². The van der Waals surface area contributed by atoms with Crippen molar-refractivity contribution in [2.75, 3.05) is 16.6 Å². The topological polar surface area (TPSA) is 125 Å². The standard InChI is InChI=1S/C24H20Cl2N4O3S.H2O/c1-3-33-15(2)16-8-11-18(12-9-16)27-23-24(29-21-7-5-4-6-20(21)28-23)30-34(31,32)22-14-17(25)10-13-19(22)26;/h4-14H,2-3H2,1H3,(H,27,28)(H,29,30);1H2. The Kier molecular flexibility index (Phi) is 8.18. The van der Waals surface area contributed by atoms with Crippen molar-refractivity contribution in [1.29, 1.82) is 0 Å². The molecule has 0 aliphatic heterocycles. The smallest absolute Gasteiger partial charge is 0.264 e. The maximum absolute atomic E-state index is 13.1. The molecule has 0 unspecified atom stereocenters. The van der Waals surface area contributed by atoms with E-state index in [2.05, 4.69) is 26.6 Å². The number of nitrogens with one attached hydrogen (secondary N) is 2. The molecule has 0 saturated carbocycles. The zero-order valence-corrected chi connectivity index (χ0v) is 20.9. The summed E-state index contributed by atoms with van der Waals surface area (Å²) in [7, 11) is -4.11. The lowest BCUT2D eigenvalue weighted by Crippen LogP contribution is -2.16. The average Bonchev–Trinajstić information content (AvgIpc) is 2.81. The van der Waals surface area contributed by atoms with Gasteiger partial charge in [0.05, 0.1) is 22.7 Å². The molecule has 1 heterocycles. The molecular formula is C24H22Cl2N4O4S. The number of rotatable bonds is 8. The molecule has 3 aromatic carbocycles. The first-order chi connectivity index (χ1) is 16.3. The Labute approximate surface area is 212 Å². The molecule has 0 spiro atoms. The minimum Gasteiger partial charge on any atom is -0.494 e. The number of benzene rings is 3. The van der Waals surface area contributed by atoms with E-state index in [9.17, 15) is 8.42 Å². The second-order valence-electron chi connectivity index (χ2n) is 7.15. The molecule has 4 N–H and O–H groups in total. The zero-order valence-electron chi connectivity index (χ0n) is 18.5. The lowest BCUT2D eigenvalue weighted by Gasteiger charge is -2.15. The number of halogens is 2. The number of ether oxygens (including phenoxy) is 1. The van der Waals surface area contributed by atoms with Gasteiger partial charge in [-0.05, 0) is 61.5 Å². The van der Waals surface area contributed by atoms with Crippen LogP contribution in [0.5, 0.6) is 0 Å². The van der Waals surface area contributed by atoms with Crippen molar-refractivity contribution < 1.29 is 18.6 Å². The van der Waals surface area contributed by atoms with Crippen LogP contribution in [-0.2, 0) is 14.8 Å². The van der Waals surface area contributed by atoms with Gasteiger partial charge in [0.1, 0.15) is 10.7 Å². The largest absolute Gasteiger partial charge is 0.494 e. The summed E-state index contributed by atoms with van der Waals surface area (Å²) in [6, 6.07) is 18.6. The van der Waals surface area contributed by atoms with E-state index in [1.807, 2.05) is 37.3 Å². The van der Waals surface area contributed by atoms with Gasteiger partial charge in [-0.3, -0.25) is 4.72 Å². The Morgan fingerprint density at radius 2 is 1.60 bits per heavy atom. The molecule has 182 valence electrons. The quantitative estimate of drug-likeness (QED) is 0.282. The maximum atomic E-state index is 13.1. The van der Waals surface area contributed by atoms with Gasteiger partial charge in [-0.15, -0.1) is 0 Å². The summed E-state index contributed by atoms with van der Waals surface area (Å²) >= 11 is 12.1. The Morgan fingerprint density at radius 1 is 0.971 bits per heavy atom. The van der Waals surface area contributed by atoms with Crippen LogP contribution in [-0.4, -0.2) is 30.5 Å². The molecule has 0 saturated heterocycles. The molecule has 0 atom stereocenters. The van der Waals surface area contributed by atoms with E-state index < -0.39 is 10.0 Å². The van der Waals surface area contributed by atoms with Crippen LogP contribution in [0.1, 0.15) is 12.5 Å². The third kappa shape index (κ3) is 6.01. The normalized spacial score (nSPS) is 10.9. The number of hydrogen-bond acceptors (Lipinski definition) is 6. The number of sulfonamides is 1. The van der Waals surface area contributed by atoms with E-state index in [1.54, 1.807) is 18.2 Å². The molecule has 4 rings (SSSR count). The van der Waals surface area contributed by atoms with E-state index >= 15 is 0 Å². The summed E-state index contributed by atoms with van der Waals surface area (Å²) in [6.07, 6.45) is 0. The van der Waals surface area contributed by atoms with Crippen LogP contribution in [0.3, 0.4) is 0 Å². The number of anilines is 3. The highest BCUT2D eigenvalue weighted by molar-refractivity contribution is 7.92. The van der Waals surface area contributed by atoms with Crippen LogP contribution in [0.25, 0.3) is 16.8 Å². The summed E-state index contributed by atoms with van der Waals surface area (Å²) in [5, 5.41) is 3.40. The fraction of sp³-hybridized carbons (Fsp3) is 0.0833. The predicted octanol–water partition coefficient (Wildman–Crippen LogP) is 5.66. The Bertz CT molecular complexity index is 1480. The van der Waals surface area contributed by atoms with E-state index in [0.29, 0.717) is 29.1 Å². The van der Waals surface area contributed by atoms with Gasteiger partial charge in [0, 0.05) is 16.3 Å². The molecule has 4 aromatic rings. The number of para-hydroxylation sites is 2. The zero-order chi connectivity index (χ0) is 24.3. The van der Waals surface area contributed by atoms with Crippen molar-refractivity contribution in [3.63, 3.8) is 0 Å². The van der Waals surface area contributed by atoms with Gasteiger partial charge in [-0.1, -0.05) is 41.9 Å². The minimum atomic E-state index is -4.11. The van der Waals surface area contributed by atoms with Crippen LogP contribution in [0.15, 0.2) is 78.2 Å². The summed E-state index contributed by atoms with van der Waals surface area (Å²) in [5.74, 6) is 0.792. The summed E-state index contributed by atoms with van der Waals surface area (Å²) in [6.45, 7) is 6.30. The van der Waals surface area contributed by atoms with Crippen molar-refractivity contribution in [1.82, 2.24) is 9.97 Å². The summed E-state index contributed by atoms with van der Waals surface area (Å²) in [5.41, 5.74) is 2.61. The van der Waals surface area contributed by atoms with Crippen LogP contribution >= 0.6 is 23.2 Å². The third-order valence-corrected chi connectivity index (χ3v) is 6.83. The molecule has 8 nitrogen and oxygen atoms in total. The van der Waals surface area contributed by atoms with Gasteiger partial charge in [0.15, 0.2) is 11.6 Å². The molecule has 0 aliphatic rings. The Hall–Kier alpha value is -3.37. The van der Waals surface area contributed by atoms with Gasteiger partial charge in [-0.25, -0.2) is 18.4 Å². The van der Waals surface area contributed by atoms with Crippen LogP contribution in [0.2, 0.25) is 10.0 Å². The molecule has 1 aromatic heterocycles. The highest BCUT2D eigenvalue weighted by Crippen LogP contribution is 2.30. The molecule has 0 bridgehead atoms. The van der Waals surface area contributed by atoms with Gasteiger partial charge >= 0.3 is 0 Å². The van der Waals surface area contributed by atoms with Gasteiger partial charge in [0.2, 0.25) is 0 Å². The third-order valence-electron chi connectivity index (χ3n) is 4.77. The lowest BCUT2D eigenvalue weighted by atomic mass is 10.2. The Morgan fingerprint density at radius 3 is 2.23 bits per heavy atom. The highest BCUT2D eigenvalue weighted by atomic mass is 35.5. The fourth-order valence-electron chi connectivity index (χ4n) is 3.16. The summed E-state index contributed by atoms with van der Waals surface area (Å²) in [4.78, 5) is 8.89. The van der Waals surface area contributed by atoms with Gasteiger partial charge < -0.3 is 15.5 Å². The number of aromatic nitrogens is 2. The molecule has 35 heavy (non-hydrogen) atoms. The van der Waals surface area contributed by atoms with Crippen molar-refractivity contribution in [2.45, 2.75) is 11.8 Å². The highest BCUT2D eigenvalue weighted by Gasteiger charge is 2.22. The molecular weight excluding hydrogens is 511 g/mol. The Balaban J connectivity index is 0.00000342. The molecule has 0 amide bonds. The lowest BCUT2D eigenvalue weighted by molar-refractivity contribution is 0.299.